The van der Waals surface area contributed by atoms with E-state index < -0.39 is 0 Å². The van der Waals surface area contributed by atoms with Crippen LogP contribution >= 0.6 is 0 Å². The predicted octanol–water partition coefficient (Wildman–Crippen LogP) is 4.44. The molecule has 1 unspecified atom stereocenters. The van der Waals surface area contributed by atoms with E-state index in [1.807, 2.05) is 0 Å². The zero-order chi connectivity index (χ0) is 20.0. The molecule has 2 heterocycles. The van der Waals surface area contributed by atoms with Crippen molar-refractivity contribution in [1.29, 1.82) is 0 Å². The maximum absolute atomic E-state index is 12.6. The molecule has 28 heavy (non-hydrogen) atoms. The molecule has 2 aliphatic heterocycles. The lowest BCUT2D eigenvalue weighted by atomic mass is 9.82. The molecular formula is C23H36NO4+. The van der Waals surface area contributed by atoms with Crippen LogP contribution in [0.4, 0.5) is 0 Å². The van der Waals surface area contributed by atoms with Gasteiger partial charge in [-0.1, -0.05) is 13.3 Å². The van der Waals surface area contributed by atoms with E-state index in [2.05, 4.69) is 14.0 Å². The van der Waals surface area contributed by atoms with Gasteiger partial charge < -0.3 is 18.7 Å². The lowest BCUT2D eigenvalue weighted by molar-refractivity contribution is -0.947. The fourth-order valence-electron chi connectivity index (χ4n) is 4.93. The number of quaternary nitrogens is 1. The molecule has 0 saturated carbocycles. The molecule has 0 aromatic heterocycles. The Bertz CT molecular complexity index is 658. The van der Waals surface area contributed by atoms with Crippen LogP contribution in [0.25, 0.3) is 0 Å². The number of unbranched alkanes of at least 4 members (excludes halogenated alkanes) is 1. The highest BCUT2D eigenvalue weighted by atomic mass is 16.5. The second kappa shape index (κ2) is 9.64. The largest absolute Gasteiger partial charge is 0.493 e. The van der Waals surface area contributed by atoms with Crippen molar-refractivity contribution in [2.24, 2.45) is 5.92 Å². The molecule has 0 spiro atoms. The zero-order valence-corrected chi connectivity index (χ0v) is 17.7. The van der Waals surface area contributed by atoms with Gasteiger partial charge in [0.25, 0.3) is 0 Å². The fourth-order valence-corrected chi connectivity index (χ4v) is 4.93. The molecule has 0 bridgehead atoms. The monoisotopic (exact) mass is 390 g/mol. The summed E-state index contributed by atoms with van der Waals surface area (Å²) < 4.78 is 18.1. The molecule has 3 atom stereocenters. The van der Waals surface area contributed by atoms with Crippen LogP contribution < -0.4 is 9.47 Å². The lowest BCUT2D eigenvalue weighted by Crippen LogP contribution is -2.61. The van der Waals surface area contributed by atoms with Crippen LogP contribution in [-0.4, -0.2) is 57.0 Å². The van der Waals surface area contributed by atoms with Gasteiger partial charge >= 0.3 is 5.97 Å². The first-order chi connectivity index (χ1) is 13.6. The Morgan fingerprint density at radius 3 is 2.75 bits per heavy atom. The van der Waals surface area contributed by atoms with Crippen molar-refractivity contribution in [1.82, 2.24) is 0 Å². The van der Waals surface area contributed by atoms with Crippen LogP contribution in [0.1, 0.15) is 62.2 Å². The third-order valence-corrected chi connectivity index (χ3v) is 6.59. The molecule has 5 heteroatoms. The van der Waals surface area contributed by atoms with Crippen molar-refractivity contribution in [3.8, 4) is 11.5 Å². The minimum absolute atomic E-state index is 0.269. The number of benzene rings is 1. The number of fused-ring (bicyclic) bond motifs is 1. The number of hydrogen-bond donors (Lipinski definition) is 0. The molecule has 1 aromatic rings. The third kappa shape index (κ3) is 4.80. The number of methoxy groups -OCH3 is 1. The topological polar surface area (TPSA) is 44.8 Å². The van der Waals surface area contributed by atoms with E-state index in [-0.39, 0.29) is 5.97 Å². The van der Waals surface area contributed by atoms with Gasteiger partial charge in [-0.25, -0.2) is 4.79 Å². The van der Waals surface area contributed by atoms with E-state index in [1.165, 1.54) is 49.7 Å². The van der Waals surface area contributed by atoms with Crippen LogP contribution in [0.5, 0.6) is 11.5 Å². The summed E-state index contributed by atoms with van der Waals surface area (Å²) in [6, 6.07) is 5.94. The zero-order valence-electron chi connectivity index (χ0n) is 17.7. The first-order valence-corrected chi connectivity index (χ1v) is 10.9. The standard InChI is InChI=1S/C23H36NO4/c1-4-5-15-27-21-12-11-18(16-22(21)26-3)23(25)28-17-19-9-8-14-24(2)13-7-6-10-20(19)24/h11-12,16,19-20H,4-10,13-15,17H2,1-3H3/q+1/t19-,20+,24?/m1/s1. The number of carbonyl (C=O) groups excluding carboxylic acids is 1. The first kappa shape index (κ1) is 21.0. The Kier molecular flexibility index (Phi) is 7.22. The van der Waals surface area contributed by atoms with Gasteiger partial charge in [0.2, 0.25) is 0 Å². The summed E-state index contributed by atoms with van der Waals surface area (Å²) in [4.78, 5) is 12.6. The molecular weight excluding hydrogens is 354 g/mol. The van der Waals surface area contributed by atoms with Gasteiger partial charge in [-0.05, 0) is 50.3 Å². The summed E-state index contributed by atoms with van der Waals surface area (Å²) in [7, 11) is 3.99. The van der Waals surface area contributed by atoms with Crippen molar-refractivity contribution >= 4 is 5.97 Å². The minimum atomic E-state index is -0.269. The third-order valence-electron chi connectivity index (χ3n) is 6.59. The number of rotatable bonds is 8. The van der Waals surface area contributed by atoms with Crippen molar-refractivity contribution in [3.63, 3.8) is 0 Å². The predicted molar refractivity (Wildman–Crippen MR) is 110 cm³/mol. The van der Waals surface area contributed by atoms with Gasteiger partial charge in [0, 0.05) is 12.3 Å². The molecule has 0 amide bonds. The average molecular weight is 391 g/mol. The van der Waals surface area contributed by atoms with Gasteiger partial charge in [-0.15, -0.1) is 0 Å². The number of ether oxygens (including phenoxy) is 3. The van der Waals surface area contributed by atoms with Crippen molar-refractivity contribution in [3.05, 3.63) is 23.8 Å². The number of nitrogens with zero attached hydrogens (tertiary/aromatic N) is 1. The molecule has 3 rings (SSSR count). The fraction of sp³-hybridized carbons (Fsp3) is 0.696. The molecule has 0 aliphatic carbocycles. The number of carbonyl (C=O) groups is 1. The highest BCUT2D eigenvalue weighted by Crippen LogP contribution is 2.36. The maximum atomic E-state index is 12.6. The number of hydrogen-bond acceptors (Lipinski definition) is 4. The summed E-state index contributed by atoms with van der Waals surface area (Å²) in [5, 5.41) is 0. The summed E-state index contributed by atoms with van der Waals surface area (Å²) in [6.45, 7) is 5.84. The molecule has 0 radical (unpaired) electrons. The van der Waals surface area contributed by atoms with E-state index in [0.717, 1.165) is 12.8 Å². The quantitative estimate of drug-likeness (QED) is 0.374. The summed E-state index contributed by atoms with van der Waals surface area (Å²) in [5.41, 5.74) is 0.524. The van der Waals surface area contributed by atoms with E-state index >= 15 is 0 Å². The maximum Gasteiger partial charge on any atom is 0.338 e. The van der Waals surface area contributed by atoms with E-state index in [1.54, 1.807) is 25.3 Å². The Morgan fingerprint density at radius 2 is 1.96 bits per heavy atom. The van der Waals surface area contributed by atoms with E-state index in [0.29, 0.717) is 42.2 Å². The van der Waals surface area contributed by atoms with Crippen LogP contribution in [-0.2, 0) is 4.74 Å². The SMILES string of the molecule is CCCCOc1ccc(C(=O)OC[C@H]2CCC[N+]3(C)CCCC[C@@H]23)cc1OC. The normalized spacial score (nSPS) is 27.0. The van der Waals surface area contributed by atoms with E-state index in [9.17, 15) is 4.79 Å². The van der Waals surface area contributed by atoms with Crippen LogP contribution in [0.2, 0.25) is 0 Å². The van der Waals surface area contributed by atoms with Gasteiger partial charge in [0.15, 0.2) is 11.5 Å². The van der Waals surface area contributed by atoms with Gasteiger partial charge in [0.1, 0.15) is 6.61 Å². The van der Waals surface area contributed by atoms with Gasteiger partial charge in [-0.2, -0.15) is 0 Å². The number of piperidine rings is 2. The van der Waals surface area contributed by atoms with Crippen LogP contribution in [0.3, 0.4) is 0 Å². The molecule has 156 valence electrons. The Labute approximate surface area is 169 Å². The molecule has 5 nitrogen and oxygen atoms in total. The minimum Gasteiger partial charge on any atom is -0.493 e. The summed E-state index contributed by atoms with van der Waals surface area (Å²) in [6.07, 6.45) is 8.35. The highest BCUT2D eigenvalue weighted by molar-refractivity contribution is 5.90. The summed E-state index contributed by atoms with van der Waals surface area (Å²) >= 11 is 0. The molecule has 2 fully saturated rings. The second-order valence-corrected chi connectivity index (χ2v) is 8.56. The van der Waals surface area contributed by atoms with Crippen LogP contribution in [0, 0.1) is 5.92 Å². The Hall–Kier alpha value is -1.75. The second-order valence-electron chi connectivity index (χ2n) is 8.56. The van der Waals surface area contributed by atoms with Gasteiger partial charge in [-0.3, -0.25) is 0 Å². The molecule has 0 N–H and O–H groups in total. The van der Waals surface area contributed by atoms with E-state index in [4.69, 9.17) is 14.2 Å². The van der Waals surface area contributed by atoms with Crippen molar-refractivity contribution in [2.45, 2.75) is 57.9 Å². The molecule has 2 aliphatic rings. The Morgan fingerprint density at radius 1 is 1.14 bits per heavy atom. The van der Waals surface area contributed by atoms with Crippen molar-refractivity contribution < 1.29 is 23.5 Å². The lowest BCUT2D eigenvalue weighted by Gasteiger charge is -2.51. The number of esters is 1. The molecule has 2 saturated heterocycles. The Balaban J connectivity index is 1.59. The summed E-state index contributed by atoms with van der Waals surface area (Å²) in [5.74, 6) is 1.46. The highest BCUT2D eigenvalue weighted by Gasteiger charge is 2.43. The van der Waals surface area contributed by atoms with Gasteiger partial charge in [0.05, 0.1) is 45.5 Å². The van der Waals surface area contributed by atoms with Crippen LogP contribution in [0.15, 0.2) is 18.2 Å². The first-order valence-electron chi connectivity index (χ1n) is 10.9. The molecule has 1 aromatic carbocycles. The smallest absolute Gasteiger partial charge is 0.338 e. The van der Waals surface area contributed by atoms with Crippen molar-refractivity contribution in [2.75, 3.05) is 40.5 Å². The average Bonchev–Trinajstić information content (AvgIpc) is 2.71.